The minimum absolute atomic E-state index is 0.0994. The number of hydrogen-bond acceptors (Lipinski definition) is 6. The summed E-state index contributed by atoms with van der Waals surface area (Å²) in [6.45, 7) is 7.47. The van der Waals surface area contributed by atoms with Gasteiger partial charge in [-0.1, -0.05) is 49.1 Å². The van der Waals surface area contributed by atoms with Gasteiger partial charge in [-0.15, -0.1) is 0 Å². The molecule has 0 spiro atoms. The first kappa shape index (κ1) is 23.3. The SMILES string of the molecule is Cc1nn(-c2ccccc2)c(C)c1NC(=O)COC(=O)CSC(=S)N1CCC(C)CC1. The van der Waals surface area contributed by atoms with E-state index < -0.39 is 11.9 Å². The summed E-state index contributed by atoms with van der Waals surface area (Å²) in [5.41, 5.74) is 3.03. The molecule has 1 amide bonds. The van der Waals surface area contributed by atoms with E-state index in [1.54, 1.807) is 4.68 Å². The van der Waals surface area contributed by atoms with Crippen LogP contribution in [0.4, 0.5) is 5.69 Å². The minimum Gasteiger partial charge on any atom is -0.455 e. The molecule has 31 heavy (non-hydrogen) atoms. The molecular weight excluding hydrogens is 432 g/mol. The molecule has 1 aliphatic heterocycles. The second kappa shape index (κ2) is 10.8. The highest BCUT2D eigenvalue weighted by molar-refractivity contribution is 8.23. The third-order valence-corrected chi connectivity index (χ3v) is 6.77. The van der Waals surface area contributed by atoms with Crippen LogP contribution in [0.5, 0.6) is 0 Å². The molecule has 0 unspecified atom stereocenters. The number of hydrogen-bond donors (Lipinski definition) is 1. The van der Waals surface area contributed by atoms with E-state index in [4.69, 9.17) is 17.0 Å². The lowest BCUT2D eigenvalue weighted by Crippen LogP contribution is -2.36. The Labute approximate surface area is 192 Å². The molecule has 1 fully saturated rings. The van der Waals surface area contributed by atoms with Crippen LogP contribution in [0.15, 0.2) is 30.3 Å². The average molecular weight is 461 g/mol. The number of ether oxygens (including phenoxy) is 1. The number of anilines is 1. The number of esters is 1. The summed E-state index contributed by atoms with van der Waals surface area (Å²) < 4.78 is 7.61. The van der Waals surface area contributed by atoms with Crippen LogP contribution in [-0.2, 0) is 14.3 Å². The summed E-state index contributed by atoms with van der Waals surface area (Å²) in [4.78, 5) is 26.5. The van der Waals surface area contributed by atoms with Gasteiger partial charge in [-0.2, -0.15) is 5.10 Å². The van der Waals surface area contributed by atoms with E-state index in [1.807, 2.05) is 44.2 Å². The number of nitrogens with zero attached hydrogens (tertiary/aromatic N) is 3. The van der Waals surface area contributed by atoms with Gasteiger partial charge in [0.1, 0.15) is 4.32 Å². The third-order valence-electron chi connectivity index (χ3n) is 5.28. The fourth-order valence-corrected chi connectivity index (χ4v) is 4.46. The van der Waals surface area contributed by atoms with E-state index in [-0.39, 0.29) is 12.4 Å². The third kappa shape index (κ3) is 6.30. The fourth-order valence-electron chi connectivity index (χ4n) is 3.41. The average Bonchev–Trinajstić information content (AvgIpc) is 3.05. The van der Waals surface area contributed by atoms with Crippen LogP contribution in [0.25, 0.3) is 5.69 Å². The standard InChI is InChI=1S/C22H28N4O3S2/c1-15-9-11-25(12-10-15)22(30)31-14-20(28)29-13-19(27)23-21-16(2)24-26(17(21)3)18-7-5-4-6-8-18/h4-8,15H,9-14H2,1-3H3,(H,23,27). The van der Waals surface area contributed by atoms with Gasteiger partial charge in [0, 0.05) is 13.1 Å². The largest absolute Gasteiger partial charge is 0.455 e. The van der Waals surface area contributed by atoms with Crippen molar-refractivity contribution >= 4 is 45.9 Å². The van der Waals surface area contributed by atoms with Crippen molar-refractivity contribution in [1.82, 2.24) is 14.7 Å². The van der Waals surface area contributed by atoms with Gasteiger partial charge in [-0.05, 0) is 44.7 Å². The molecule has 2 aromatic rings. The quantitative estimate of drug-likeness (QED) is 0.520. The first-order valence-corrected chi connectivity index (χ1v) is 11.7. The number of nitrogens with one attached hydrogen (secondary N) is 1. The van der Waals surface area contributed by atoms with Crippen molar-refractivity contribution in [3.63, 3.8) is 0 Å². The van der Waals surface area contributed by atoms with Crippen molar-refractivity contribution in [3.8, 4) is 5.69 Å². The maximum atomic E-state index is 12.3. The highest BCUT2D eigenvalue weighted by Gasteiger charge is 2.20. The molecule has 0 saturated carbocycles. The van der Waals surface area contributed by atoms with Crippen molar-refractivity contribution in [2.24, 2.45) is 5.92 Å². The van der Waals surface area contributed by atoms with Crippen LogP contribution in [0.3, 0.4) is 0 Å². The van der Waals surface area contributed by atoms with Gasteiger partial charge in [0.25, 0.3) is 5.91 Å². The number of thioether (sulfide) groups is 1. The molecule has 1 N–H and O–H groups in total. The molecule has 0 atom stereocenters. The Hall–Kier alpha value is -2.39. The molecule has 0 bridgehead atoms. The molecule has 0 radical (unpaired) electrons. The van der Waals surface area contributed by atoms with Gasteiger partial charge in [-0.3, -0.25) is 9.59 Å². The molecule has 1 aliphatic rings. The Morgan fingerprint density at radius 1 is 1.23 bits per heavy atom. The zero-order valence-electron chi connectivity index (χ0n) is 18.1. The number of aryl methyl sites for hydroxylation is 1. The van der Waals surface area contributed by atoms with Gasteiger partial charge < -0.3 is 15.0 Å². The van der Waals surface area contributed by atoms with Crippen molar-refractivity contribution in [2.75, 3.05) is 30.8 Å². The Morgan fingerprint density at radius 2 is 1.90 bits per heavy atom. The number of carbonyl (C=O) groups excluding carboxylic acids is 2. The summed E-state index contributed by atoms with van der Waals surface area (Å²) in [6, 6.07) is 9.68. The lowest BCUT2D eigenvalue weighted by Gasteiger charge is -2.31. The van der Waals surface area contributed by atoms with Crippen LogP contribution >= 0.6 is 24.0 Å². The number of rotatable bonds is 6. The highest BCUT2D eigenvalue weighted by atomic mass is 32.2. The molecule has 0 aliphatic carbocycles. The topological polar surface area (TPSA) is 76.5 Å². The van der Waals surface area contributed by atoms with Crippen molar-refractivity contribution < 1.29 is 14.3 Å². The fraction of sp³-hybridized carbons (Fsp3) is 0.455. The van der Waals surface area contributed by atoms with Gasteiger partial charge >= 0.3 is 5.97 Å². The Kier molecular flexibility index (Phi) is 8.09. The number of thiocarbonyl (C=S) groups is 1. The van der Waals surface area contributed by atoms with Crippen LogP contribution in [-0.4, -0.2) is 56.3 Å². The summed E-state index contributed by atoms with van der Waals surface area (Å²) in [7, 11) is 0. The number of likely N-dealkylation sites (tertiary alicyclic amines) is 1. The minimum atomic E-state index is -0.457. The Bertz CT molecular complexity index is 938. The molecule has 2 heterocycles. The Balaban J connectivity index is 1.45. The number of carbonyl (C=O) groups is 2. The van der Waals surface area contributed by atoms with Crippen molar-refractivity contribution in [1.29, 1.82) is 0 Å². The molecule has 166 valence electrons. The molecule has 7 nitrogen and oxygen atoms in total. The molecule has 1 aromatic carbocycles. The molecule has 1 aromatic heterocycles. The normalized spacial score (nSPS) is 14.4. The summed E-state index contributed by atoms with van der Waals surface area (Å²) >= 11 is 6.71. The molecule has 3 rings (SSSR count). The van der Waals surface area contributed by atoms with E-state index in [0.29, 0.717) is 15.7 Å². The predicted molar refractivity (Wildman–Crippen MR) is 128 cm³/mol. The van der Waals surface area contributed by atoms with Crippen LogP contribution < -0.4 is 5.32 Å². The first-order valence-electron chi connectivity index (χ1n) is 10.3. The monoisotopic (exact) mass is 460 g/mol. The zero-order chi connectivity index (χ0) is 22.4. The number of benzene rings is 1. The van der Waals surface area contributed by atoms with Gasteiger partial charge in [-0.25, -0.2) is 4.68 Å². The van der Waals surface area contributed by atoms with Crippen LogP contribution in [0, 0.1) is 19.8 Å². The second-order valence-corrected chi connectivity index (χ2v) is 9.34. The van der Waals surface area contributed by atoms with Gasteiger partial charge in [0.2, 0.25) is 0 Å². The van der Waals surface area contributed by atoms with E-state index in [1.165, 1.54) is 11.8 Å². The lowest BCUT2D eigenvalue weighted by molar-refractivity contribution is -0.144. The number of para-hydroxylation sites is 1. The van der Waals surface area contributed by atoms with E-state index in [0.717, 1.165) is 43.2 Å². The number of piperidine rings is 1. The van der Waals surface area contributed by atoms with E-state index >= 15 is 0 Å². The first-order chi connectivity index (χ1) is 14.8. The van der Waals surface area contributed by atoms with Gasteiger partial charge in [0.15, 0.2) is 6.61 Å². The number of amides is 1. The maximum Gasteiger partial charge on any atom is 0.316 e. The van der Waals surface area contributed by atoms with Crippen LogP contribution in [0.2, 0.25) is 0 Å². The van der Waals surface area contributed by atoms with Crippen LogP contribution in [0.1, 0.15) is 31.2 Å². The van der Waals surface area contributed by atoms with E-state index in [2.05, 4.69) is 22.2 Å². The lowest BCUT2D eigenvalue weighted by atomic mass is 10.00. The predicted octanol–water partition coefficient (Wildman–Crippen LogP) is 3.72. The number of aromatic nitrogens is 2. The zero-order valence-corrected chi connectivity index (χ0v) is 19.7. The highest BCUT2D eigenvalue weighted by Crippen LogP contribution is 2.23. The molecule has 9 heteroatoms. The Morgan fingerprint density at radius 3 is 2.58 bits per heavy atom. The smallest absolute Gasteiger partial charge is 0.316 e. The maximum absolute atomic E-state index is 12.3. The van der Waals surface area contributed by atoms with Crippen molar-refractivity contribution in [3.05, 3.63) is 41.7 Å². The van der Waals surface area contributed by atoms with E-state index in [9.17, 15) is 9.59 Å². The second-order valence-electron chi connectivity index (χ2n) is 7.73. The summed E-state index contributed by atoms with van der Waals surface area (Å²) in [5, 5.41) is 7.30. The molecular formula is C22H28N4O3S2. The summed E-state index contributed by atoms with van der Waals surface area (Å²) in [5.74, 6) is -0.0343. The molecule has 1 saturated heterocycles. The van der Waals surface area contributed by atoms with Gasteiger partial charge in [0.05, 0.1) is 28.5 Å². The van der Waals surface area contributed by atoms with Crippen molar-refractivity contribution in [2.45, 2.75) is 33.6 Å². The summed E-state index contributed by atoms with van der Waals surface area (Å²) in [6.07, 6.45) is 2.23.